The molecule has 0 unspecified atom stereocenters. The van der Waals surface area contributed by atoms with Crippen molar-refractivity contribution in [3.63, 3.8) is 0 Å². The quantitative estimate of drug-likeness (QED) is 0.625. The lowest BCUT2D eigenvalue weighted by Gasteiger charge is -2.19. The number of carbonyl (C=O) groups is 1. The fourth-order valence-electron chi connectivity index (χ4n) is 1.90. The number of nitrogens with one attached hydrogen (secondary N) is 1. The van der Waals surface area contributed by atoms with Crippen LogP contribution in [0.15, 0.2) is 53.4 Å². The maximum Gasteiger partial charge on any atom is 0.302 e. The van der Waals surface area contributed by atoms with E-state index in [1.165, 1.54) is 28.6 Å². The maximum absolute atomic E-state index is 9.82. The topological polar surface area (TPSA) is 38.3 Å². The molecule has 1 heterocycles. The standard InChI is InChI=1S/C12H9NS.C4H8O2/c1-3-7-11-9(5-1)10-6-2-4-8-12(10)14-13-11;1-3-6-4(2)5/h1-8,13H;3H2,1-2H3. The first-order valence-electron chi connectivity index (χ1n) is 6.47. The number of carbonyl (C=O) groups excluding carboxylic acids is 1. The fourth-order valence-corrected chi connectivity index (χ4v) is 2.73. The Hall–Kier alpha value is -1.94. The summed E-state index contributed by atoms with van der Waals surface area (Å²) in [6.07, 6.45) is 0. The van der Waals surface area contributed by atoms with Gasteiger partial charge >= 0.3 is 5.97 Å². The summed E-state index contributed by atoms with van der Waals surface area (Å²) in [6.45, 7) is 3.65. The fraction of sp³-hybridized carbons (Fsp3) is 0.188. The van der Waals surface area contributed by atoms with Crippen LogP contribution < -0.4 is 4.72 Å². The summed E-state index contributed by atoms with van der Waals surface area (Å²) < 4.78 is 7.74. The predicted octanol–water partition coefficient (Wildman–Crippen LogP) is 4.36. The smallest absolute Gasteiger partial charge is 0.302 e. The van der Waals surface area contributed by atoms with Crippen LogP contribution in [-0.2, 0) is 9.53 Å². The van der Waals surface area contributed by atoms with Crippen molar-refractivity contribution in [2.24, 2.45) is 0 Å². The average Bonchev–Trinajstić information content (AvgIpc) is 2.48. The van der Waals surface area contributed by atoms with Gasteiger partial charge in [-0.2, -0.15) is 0 Å². The van der Waals surface area contributed by atoms with E-state index in [9.17, 15) is 4.79 Å². The SMILES string of the molecule is CCOC(C)=O.c1ccc2c(c1)NSc1ccccc1-2. The van der Waals surface area contributed by atoms with Crippen molar-refractivity contribution in [1.29, 1.82) is 0 Å². The first-order valence-corrected chi connectivity index (χ1v) is 7.28. The second-order valence-corrected chi connectivity index (χ2v) is 5.02. The Kier molecular flexibility index (Phi) is 5.07. The highest BCUT2D eigenvalue weighted by atomic mass is 32.2. The predicted molar refractivity (Wildman–Crippen MR) is 83.7 cm³/mol. The molecule has 3 nitrogen and oxygen atoms in total. The zero-order valence-electron chi connectivity index (χ0n) is 11.6. The molecule has 1 aliphatic heterocycles. The van der Waals surface area contributed by atoms with Crippen LogP contribution in [0.4, 0.5) is 5.69 Å². The van der Waals surface area contributed by atoms with Gasteiger partial charge in [0.15, 0.2) is 0 Å². The van der Waals surface area contributed by atoms with Crippen LogP contribution in [0.2, 0.25) is 0 Å². The zero-order valence-corrected chi connectivity index (χ0v) is 12.4. The molecule has 104 valence electrons. The summed E-state index contributed by atoms with van der Waals surface area (Å²) >= 11 is 1.68. The average molecular weight is 287 g/mol. The lowest BCUT2D eigenvalue weighted by Crippen LogP contribution is -1.97. The number of para-hydroxylation sites is 1. The number of esters is 1. The van der Waals surface area contributed by atoms with Crippen molar-refractivity contribution in [3.8, 4) is 11.1 Å². The molecule has 0 aliphatic carbocycles. The largest absolute Gasteiger partial charge is 0.466 e. The van der Waals surface area contributed by atoms with Gasteiger partial charge in [-0.05, 0) is 36.6 Å². The highest BCUT2D eigenvalue weighted by Crippen LogP contribution is 2.41. The third-order valence-corrected chi connectivity index (χ3v) is 3.62. The number of benzene rings is 2. The molecular weight excluding hydrogens is 270 g/mol. The van der Waals surface area contributed by atoms with E-state index >= 15 is 0 Å². The molecule has 0 radical (unpaired) electrons. The van der Waals surface area contributed by atoms with E-state index in [-0.39, 0.29) is 5.97 Å². The Morgan fingerprint density at radius 2 is 1.75 bits per heavy atom. The molecule has 2 aromatic carbocycles. The summed E-state index contributed by atoms with van der Waals surface area (Å²) in [5.74, 6) is -0.211. The Morgan fingerprint density at radius 1 is 1.10 bits per heavy atom. The molecule has 0 aromatic heterocycles. The third kappa shape index (κ3) is 3.54. The van der Waals surface area contributed by atoms with Gasteiger partial charge in [-0.3, -0.25) is 4.79 Å². The molecule has 0 saturated carbocycles. The van der Waals surface area contributed by atoms with E-state index < -0.39 is 0 Å². The number of hydrogen-bond donors (Lipinski definition) is 1. The van der Waals surface area contributed by atoms with Gasteiger partial charge in [0, 0.05) is 17.4 Å². The van der Waals surface area contributed by atoms with Crippen molar-refractivity contribution in [3.05, 3.63) is 48.5 Å². The number of hydrogen-bond acceptors (Lipinski definition) is 4. The van der Waals surface area contributed by atoms with E-state index in [0.717, 1.165) is 0 Å². The molecule has 1 aliphatic rings. The molecular formula is C16H17NO2S. The molecule has 1 N–H and O–H groups in total. The van der Waals surface area contributed by atoms with Crippen LogP contribution >= 0.6 is 11.9 Å². The summed E-state index contributed by atoms with van der Waals surface area (Å²) in [6, 6.07) is 16.9. The minimum absolute atomic E-state index is 0.211. The minimum atomic E-state index is -0.211. The van der Waals surface area contributed by atoms with Gasteiger partial charge in [0.2, 0.25) is 0 Å². The van der Waals surface area contributed by atoms with Crippen LogP contribution in [0.25, 0.3) is 11.1 Å². The number of anilines is 1. The summed E-state index contributed by atoms with van der Waals surface area (Å²) in [7, 11) is 0. The highest BCUT2D eigenvalue weighted by molar-refractivity contribution is 8.00. The van der Waals surface area contributed by atoms with Gasteiger partial charge in [-0.25, -0.2) is 0 Å². The Morgan fingerprint density at radius 3 is 2.40 bits per heavy atom. The van der Waals surface area contributed by atoms with Crippen LogP contribution in [0.5, 0.6) is 0 Å². The van der Waals surface area contributed by atoms with Crippen molar-refractivity contribution >= 4 is 23.6 Å². The normalized spacial score (nSPS) is 11.1. The van der Waals surface area contributed by atoms with Crippen LogP contribution in [-0.4, -0.2) is 12.6 Å². The second-order valence-electron chi connectivity index (χ2n) is 4.17. The van der Waals surface area contributed by atoms with Crippen LogP contribution in [0.1, 0.15) is 13.8 Å². The van der Waals surface area contributed by atoms with Crippen molar-refractivity contribution in [2.75, 3.05) is 11.3 Å². The molecule has 0 amide bonds. The Bertz CT molecular complexity index is 553. The number of rotatable bonds is 1. The summed E-state index contributed by atoms with van der Waals surface area (Å²) in [5, 5.41) is 0. The molecule has 0 saturated heterocycles. The van der Waals surface area contributed by atoms with Crippen LogP contribution in [0, 0.1) is 0 Å². The van der Waals surface area contributed by atoms with Crippen molar-refractivity contribution in [2.45, 2.75) is 18.7 Å². The minimum Gasteiger partial charge on any atom is -0.466 e. The van der Waals surface area contributed by atoms with E-state index in [0.29, 0.717) is 6.61 Å². The molecule has 0 spiro atoms. The van der Waals surface area contributed by atoms with E-state index in [2.05, 4.69) is 58.0 Å². The van der Waals surface area contributed by atoms with E-state index in [1.54, 1.807) is 18.9 Å². The monoisotopic (exact) mass is 287 g/mol. The van der Waals surface area contributed by atoms with E-state index in [4.69, 9.17) is 0 Å². The van der Waals surface area contributed by atoms with Gasteiger partial charge in [-0.15, -0.1) is 0 Å². The zero-order chi connectivity index (χ0) is 14.4. The summed E-state index contributed by atoms with van der Waals surface area (Å²) in [4.78, 5) is 11.1. The molecule has 0 atom stereocenters. The number of fused-ring (bicyclic) bond motifs is 3. The molecule has 2 aromatic rings. The van der Waals surface area contributed by atoms with Gasteiger partial charge in [0.05, 0.1) is 12.3 Å². The van der Waals surface area contributed by atoms with E-state index in [1.807, 2.05) is 0 Å². The first kappa shape index (κ1) is 14.5. The van der Waals surface area contributed by atoms with Gasteiger partial charge in [-0.1, -0.05) is 36.4 Å². The first-order chi connectivity index (χ1) is 9.72. The van der Waals surface area contributed by atoms with Gasteiger partial charge in [0.1, 0.15) is 0 Å². The molecule has 4 heteroatoms. The van der Waals surface area contributed by atoms with Crippen LogP contribution in [0.3, 0.4) is 0 Å². The molecule has 0 fully saturated rings. The lowest BCUT2D eigenvalue weighted by atomic mass is 10.0. The van der Waals surface area contributed by atoms with Gasteiger partial charge < -0.3 is 9.46 Å². The third-order valence-electron chi connectivity index (χ3n) is 2.72. The molecule has 0 bridgehead atoms. The lowest BCUT2D eigenvalue weighted by molar-refractivity contribution is -0.140. The summed E-state index contributed by atoms with van der Waals surface area (Å²) in [5.41, 5.74) is 3.82. The van der Waals surface area contributed by atoms with Crippen molar-refractivity contribution < 1.29 is 9.53 Å². The second kappa shape index (κ2) is 7.01. The molecule has 20 heavy (non-hydrogen) atoms. The molecule has 3 rings (SSSR count). The Labute approximate surface area is 123 Å². The highest BCUT2D eigenvalue weighted by Gasteiger charge is 2.14. The maximum atomic E-state index is 9.82. The van der Waals surface area contributed by atoms with Crippen molar-refractivity contribution in [1.82, 2.24) is 0 Å². The van der Waals surface area contributed by atoms with Gasteiger partial charge in [0.25, 0.3) is 0 Å². The number of ether oxygens (including phenoxy) is 1. The Balaban J connectivity index is 0.000000212.